The van der Waals surface area contributed by atoms with E-state index < -0.39 is 0 Å². The third-order valence-electron chi connectivity index (χ3n) is 2.38. The van der Waals surface area contributed by atoms with Crippen molar-refractivity contribution in [1.82, 2.24) is 15.5 Å². The van der Waals surface area contributed by atoms with Gasteiger partial charge in [0.15, 0.2) is 11.0 Å². The number of hydrogen-bond acceptors (Lipinski definition) is 6. The molecular formula is C11H16N4O2S. The molecule has 0 saturated heterocycles. The molecule has 2 heterocycles. The van der Waals surface area contributed by atoms with Crippen LogP contribution in [0.4, 0.5) is 0 Å². The second-order valence-electron chi connectivity index (χ2n) is 3.94. The minimum absolute atomic E-state index is 0.0570. The molecular weight excluding hydrogens is 252 g/mol. The second kappa shape index (κ2) is 6.53. The van der Waals surface area contributed by atoms with Crippen LogP contribution in [0.15, 0.2) is 9.52 Å². The number of amides is 1. The molecule has 98 valence electrons. The van der Waals surface area contributed by atoms with E-state index in [1.165, 1.54) is 0 Å². The zero-order valence-corrected chi connectivity index (χ0v) is 11.1. The van der Waals surface area contributed by atoms with Gasteiger partial charge < -0.3 is 9.84 Å². The first-order valence-corrected chi connectivity index (χ1v) is 7.05. The van der Waals surface area contributed by atoms with Gasteiger partial charge in [0.2, 0.25) is 11.8 Å². The Morgan fingerprint density at radius 3 is 3.11 bits per heavy atom. The van der Waals surface area contributed by atoms with Crippen LogP contribution in [0.25, 0.3) is 0 Å². The monoisotopic (exact) mass is 268 g/mol. The highest BCUT2D eigenvalue weighted by Gasteiger charge is 2.12. The summed E-state index contributed by atoms with van der Waals surface area (Å²) in [5.74, 6) is 2.12. The standard InChI is InChI=1S/C11H16N4O2S/c1-2-3-8-13-10(17-15-8)5-4-9(16)14-11-12-6-7-18-11/h2-7H2,1H3,(H,12,14,16). The van der Waals surface area contributed by atoms with Crippen LogP contribution in [0.5, 0.6) is 0 Å². The fourth-order valence-corrected chi connectivity index (χ4v) is 2.27. The van der Waals surface area contributed by atoms with Crippen molar-refractivity contribution in [3.63, 3.8) is 0 Å². The summed E-state index contributed by atoms with van der Waals surface area (Å²) in [5.41, 5.74) is 0. The Balaban J connectivity index is 1.74. The van der Waals surface area contributed by atoms with E-state index in [9.17, 15) is 4.79 Å². The number of carbonyl (C=O) groups excluding carboxylic acids is 1. The molecule has 6 nitrogen and oxygen atoms in total. The summed E-state index contributed by atoms with van der Waals surface area (Å²) in [7, 11) is 0. The molecule has 0 aromatic carbocycles. The van der Waals surface area contributed by atoms with Gasteiger partial charge >= 0.3 is 0 Å². The summed E-state index contributed by atoms with van der Waals surface area (Å²) < 4.78 is 5.06. The van der Waals surface area contributed by atoms with Crippen molar-refractivity contribution in [2.24, 2.45) is 4.99 Å². The van der Waals surface area contributed by atoms with Crippen LogP contribution in [0.3, 0.4) is 0 Å². The second-order valence-corrected chi connectivity index (χ2v) is 5.02. The molecule has 0 aliphatic carbocycles. The van der Waals surface area contributed by atoms with Crippen molar-refractivity contribution in [3.05, 3.63) is 11.7 Å². The Bertz CT molecular complexity index is 444. The van der Waals surface area contributed by atoms with Gasteiger partial charge in [0.1, 0.15) is 0 Å². The van der Waals surface area contributed by atoms with E-state index >= 15 is 0 Å². The lowest BCUT2D eigenvalue weighted by atomic mass is 10.3. The summed E-state index contributed by atoms with van der Waals surface area (Å²) in [6, 6.07) is 0. The van der Waals surface area contributed by atoms with Gasteiger partial charge in [-0.1, -0.05) is 23.8 Å². The van der Waals surface area contributed by atoms with E-state index in [2.05, 4.69) is 27.4 Å². The van der Waals surface area contributed by atoms with E-state index in [0.717, 1.165) is 30.3 Å². The largest absolute Gasteiger partial charge is 0.339 e. The molecule has 0 saturated carbocycles. The third-order valence-corrected chi connectivity index (χ3v) is 3.27. The molecule has 1 aliphatic rings. The summed E-state index contributed by atoms with van der Waals surface area (Å²) in [5, 5.41) is 7.33. The Morgan fingerprint density at radius 2 is 2.39 bits per heavy atom. The van der Waals surface area contributed by atoms with E-state index in [0.29, 0.717) is 24.6 Å². The summed E-state index contributed by atoms with van der Waals surface area (Å²) in [6.45, 7) is 2.84. The Hall–Kier alpha value is -1.37. The molecule has 1 aromatic rings. The Labute approximate surface area is 110 Å². The van der Waals surface area contributed by atoms with E-state index in [4.69, 9.17) is 4.52 Å². The lowest BCUT2D eigenvalue weighted by Gasteiger charge is -2.01. The van der Waals surface area contributed by atoms with Crippen molar-refractivity contribution in [2.75, 3.05) is 12.3 Å². The number of carbonyl (C=O) groups is 1. The average molecular weight is 268 g/mol. The highest BCUT2D eigenvalue weighted by Crippen LogP contribution is 2.09. The molecule has 0 fully saturated rings. The van der Waals surface area contributed by atoms with Crippen LogP contribution in [-0.2, 0) is 17.6 Å². The fourth-order valence-electron chi connectivity index (χ4n) is 1.53. The first kappa shape index (κ1) is 13.1. The van der Waals surface area contributed by atoms with Crippen molar-refractivity contribution in [2.45, 2.75) is 32.6 Å². The number of nitrogens with zero attached hydrogens (tertiary/aromatic N) is 3. The Kier molecular flexibility index (Phi) is 4.74. The zero-order valence-electron chi connectivity index (χ0n) is 10.3. The average Bonchev–Trinajstić information content (AvgIpc) is 2.99. The predicted octanol–water partition coefficient (Wildman–Crippen LogP) is 1.17. The van der Waals surface area contributed by atoms with Crippen LogP contribution in [0.2, 0.25) is 0 Å². The van der Waals surface area contributed by atoms with Crippen LogP contribution in [0.1, 0.15) is 31.5 Å². The van der Waals surface area contributed by atoms with Crippen molar-refractivity contribution in [3.8, 4) is 0 Å². The molecule has 0 bridgehead atoms. The van der Waals surface area contributed by atoms with Crippen molar-refractivity contribution in [1.29, 1.82) is 0 Å². The smallest absolute Gasteiger partial charge is 0.227 e. The maximum Gasteiger partial charge on any atom is 0.227 e. The zero-order chi connectivity index (χ0) is 12.8. The summed E-state index contributed by atoms with van der Waals surface area (Å²) >= 11 is 1.57. The minimum atomic E-state index is -0.0570. The minimum Gasteiger partial charge on any atom is -0.339 e. The van der Waals surface area contributed by atoms with Crippen LogP contribution in [-0.4, -0.2) is 33.5 Å². The third kappa shape index (κ3) is 3.83. The van der Waals surface area contributed by atoms with Gasteiger partial charge in [-0.05, 0) is 6.42 Å². The fraction of sp³-hybridized carbons (Fsp3) is 0.636. The Morgan fingerprint density at radius 1 is 1.50 bits per heavy atom. The van der Waals surface area contributed by atoms with E-state index in [1.807, 2.05) is 0 Å². The maximum atomic E-state index is 11.6. The van der Waals surface area contributed by atoms with Crippen molar-refractivity contribution >= 4 is 22.8 Å². The highest BCUT2D eigenvalue weighted by atomic mass is 32.2. The quantitative estimate of drug-likeness (QED) is 0.867. The van der Waals surface area contributed by atoms with Crippen LogP contribution >= 0.6 is 11.8 Å². The molecule has 0 spiro atoms. The number of aromatic nitrogens is 2. The first-order chi connectivity index (χ1) is 8.78. The van der Waals surface area contributed by atoms with Gasteiger partial charge in [-0.15, -0.1) is 0 Å². The van der Waals surface area contributed by atoms with Gasteiger partial charge in [-0.2, -0.15) is 4.98 Å². The molecule has 18 heavy (non-hydrogen) atoms. The van der Waals surface area contributed by atoms with Gasteiger partial charge in [-0.3, -0.25) is 9.79 Å². The summed E-state index contributed by atoms with van der Waals surface area (Å²) in [4.78, 5) is 20.0. The van der Waals surface area contributed by atoms with E-state index in [-0.39, 0.29) is 5.91 Å². The normalized spacial score (nSPS) is 14.6. The van der Waals surface area contributed by atoms with Gasteiger partial charge in [-0.25, -0.2) is 0 Å². The molecule has 1 aromatic heterocycles. The lowest BCUT2D eigenvalue weighted by molar-refractivity contribution is -0.119. The van der Waals surface area contributed by atoms with Gasteiger partial charge in [0, 0.05) is 25.0 Å². The number of hydrogen-bond donors (Lipinski definition) is 1. The molecule has 0 radical (unpaired) electrons. The topological polar surface area (TPSA) is 80.4 Å². The first-order valence-electron chi connectivity index (χ1n) is 6.06. The summed E-state index contributed by atoms with van der Waals surface area (Å²) in [6.07, 6.45) is 2.60. The number of aryl methyl sites for hydroxylation is 2. The number of rotatable bonds is 5. The van der Waals surface area contributed by atoms with Crippen LogP contribution in [0, 0.1) is 0 Å². The molecule has 1 N–H and O–H groups in total. The molecule has 0 atom stereocenters. The molecule has 2 rings (SSSR count). The lowest BCUT2D eigenvalue weighted by Crippen LogP contribution is -2.27. The van der Waals surface area contributed by atoms with Gasteiger partial charge in [0.05, 0.1) is 6.54 Å². The maximum absolute atomic E-state index is 11.6. The van der Waals surface area contributed by atoms with Crippen LogP contribution < -0.4 is 5.32 Å². The van der Waals surface area contributed by atoms with E-state index in [1.54, 1.807) is 11.8 Å². The number of aliphatic imine (C=N–C) groups is 1. The van der Waals surface area contributed by atoms with Gasteiger partial charge in [0.25, 0.3) is 0 Å². The SMILES string of the molecule is CCCc1noc(CCC(=O)NC2=NCCS2)n1. The number of nitrogens with one attached hydrogen (secondary N) is 1. The predicted molar refractivity (Wildman–Crippen MR) is 69.5 cm³/mol. The molecule has 0 unspecified atom stereocenters. The number of thioether (sulfide) groups is 1. The molecule has 1 amide bonds. The molecule has 1 aliphatic heterocycles. The highest BCUT2D eigenvalue weighted by molar-refractivity contribution is 8.14. The van der Waals surface area contributed by atoms with Crippen molar-refractivity contribution < 1.29 is 9.32 Å². The number of amidine groups is 1. The molecule has 7 heteroatoms.